The number of rotatable bonds is 4. The third-order valence-electron chi connectivity index (χ3n) is 3.80. The van der Waals surface area contributed by atoms with Crippen molar-refractivity contribution in [2.24, 2.45) is 0 Å². The van der Waals surface area contributed by atoms with Gasteiger partial charge in [0.1, 0.15) is 6.04 Å². The summed E-state index contributed by atoms with van der Waals surface area (Å²) in [5.74, 6) is -0.179. The van der Waals surface area contributed by atoms with Crippen molar-refractivity contribution in [1.82, 2.24) is 0 Å². The second-order valence-electron chi connectivity index (χ2n) is 5.09. The lowest BCUT2D eigenvalue weighted by molar-refractivity contribution is -0.144. The van der Waals surface area contributed by atoms with Crippen molar-refractivity contribution >= 4 is 11.7 Å². The van der Waals surface area contributed by atoms with Gasteiger partial charge in [0.05, 0.1) is 12.7 Å². The van der Waals surface area contributed by atoms with E-state index in [1.165, 1.54) is 0 Å². The molecule has 2 atom stereocenters. The van der Waals surface area contributed by atoms with Gasteiger partial charge in [0.25, 0.3) is 0 Å². The summed E-state index contributed by atoms with van der Waals surface area (Å²) in [6.45, 7) is 4.98. The van der Waals surface area contributed by atoms with Crippen LogP contribution in [-0.4, -0.2) is 30.3 Å². The topological polar surface area (TPSA) is 49.8 Å². The maximum Gasteiger partial charge on any atom is 0.328 e. The summed E-state index contributed by atoms with van der Waals surface area (Å²) in [5, 5.41) is 10.2. The molecule has 1 aromatic carbocycles. The van der Waals surface area contributed by atoms with E-state index in [2.05, 4.69) is 4.90 Å². The van der Waals surface area contributed by atoms with Crippen LogP contribution in [0.25, 0.3) is 0 Å². The normalized spacial score (nSPS) is 19.9. The Morgan fingerprint density at radius 3 is 2.90 bits per heavy atom. The van der Waals surface area contributed by atoms with Gasteiger partial charge in [-0.15, -0.1) is 0 Å². The highest BCUT2D eigenvalue weighted by atomic mass is 16.5. The van der Waals surface area contributed by atoms with Gasteiger partial charge in [-0.25, -0.2) is 4.79 Å². The van der Waals surface area contributed by atoms with Crippen LogP contribution in [0.4, 0.5) is 5.69 Å². The number of para-hydroxylation sites is 1. The van der Waals surface area contributed by atoms with Crippen LogP contribution in [0.2, 0.25) is 0 Å². The van der Waals surface area contributed by atoms with Crippen LogP contribution in [0.5, 0.6) is 0 Å². The van der Waals surface area contributed by atoms with Crippen LogP contribution in [-0.2, 0) is 9.53 Å². The predicted molar refractivity (Wildman–Crippen MR) is 78.7 cm³/mol. The Hall–Kier alpha value is -1.55. The standard InChI is InChI=1S/C16H23NO3/c1-3-13(16(19)20-4-2)17-11-7-10-15(18)12-8-5-6-9-14(12)17/h5-6,8-9,13,15,18H,3-4,7,10-11H2,1-2H3. The van der Waals surface area contributed by atoms with Crippen LogP contribution in [0, 0.1) is 0 Å². The fourth-order valence-corrected chi connectivity index (χ4v) is 2.84. The van der Waals surface area contributed by atoms with E-state index >= 15 is 0 Å². The smallest absolute Gasteiger partial charge is 0.328 e. The Labute approximate surface area is 120 Å². The number of aliphatic hydroxyl groups is 1. The Bertz CT molecular complexity index is 461. The molecule has 0 radical (unpaired) electrons. The van der Waals surface area contributed by atoms with Crippen molar-refractivity contribution < 1.29 is 14.6 Å². The van der Waals surface area contributed by atoms with E-state index in [4.69, 9.17) is 4.74 Å². The highest BCUT2D eigenvalue weighted by Crippen LogP contribution is 2.34. The lowest BCUT2D eigenvalue weighted by Crippen LogP contribution is -2.42. The Balaban J connectivity index is 2.34. The minimum absolute atomic E-state index is 0.179. The molecule has 0 saturated carbocycles. The predicted octanol–water partition coefficient (Wildman–Crippen LogP) is 2.66. The molecule has 1 heterocycles. The number of anilines is 1. The SMILES string of the molecule is CCOC(=O)C(CC)N1CCCC(O)c2ccccc21. The van der Waals surface area contributed by atoms with E-state index in [0.717, 1.165) is 30.6 Å². The molecule has 1 aromatic rings. The Morgan fingerprint density at radius 1 is 1.45 bits per heavy atom. The second-order valence-corrected chi connectivity index (χ2v) is 5.09. The van der Waals surface area contributed by atoms with Crippen LogP contribution in [0.3, 0.4) is 0 Å². The summed E-state index contributed by atoms with van der Waals surface area (Å²) in [5.41, 5.74) is 1.87. The Morgan fingerprint density at radius 2 is 2.20 bits per heavy atom. The van der Waals surface area contributed by atoms with Crippen molar-refractivity contribution in [2.75, 3.05) is 18.1 Å². The molecular formula is C16H23NO3. The number of hydrogen-bond donors (Lipinski definition) is 1. The van der Waals surface area contributed by atoms with Crippen molar-refractivity contribution in [3.8, 4) is 0 Å². The first-order chi connectivity index (χ1) is 9.69. The van der Waals surface area contributed by atoms with E-state index in [1.807, 2.05) is 38.1 Å². The maximum atomic E-state index is 12.2. The molecule has 4 heteroatoms. The molecule has 0 saturated heterocycles. The lowest BCUT2D eigenvalue weighted by Gasteiger charge is -2.31. The van der Waals surface area contributed by atoms with E-state index in [-0.39, 0.29) is 12.0 Å². The summed E-state index contributed by atoms with van der Waals surface area (Å²) < 4.78 is 5.19. The number of hydrogen-bond acceptors (Lipinski definition) is 4. The van der Waals surface area contributed by atoms with Gasteiger partial charge < -0.3 is 14.7 Å². The molecule has 0 aliphatic carbocycles. The quantitative estimate of drug-likeness (QED) is 0.860. The highest BCUT2D eigenvalue weighted by Gasteiger charge is 2.30. The van der Waals surface area contributed by atoms with Crippen LogP contribution >= 0.6 is 0 Å². The Kier molecular flexibility index (Phi) is 5.01. The molecule has 0 aromatic heterocycles. The zero-order valence-corrected chi connectivity index (χ0v) is 12.2. The minimum Gasteiger partial charge on any atom is -0.464 e. The molecule has 2 unspecified atom stereocenters. The second kappa shape index (κ2) is 6.75. The number of carbonyl (C=O) groups excluding carboxylic acids is 1. The molecule has 0 fully saturated rings. The van der Waals surface area contributed by atoms with Gasteiger partial charge in [0, 0.05) is 17.8 Å². The van der Waals surface area contributed by atoms with Crippen LogP contribution < -0.4 is 4.90 Å². The summed E-state index contributed by atoms with van der Waals surface area (Å²) in [7, 11) is 0. The molecule has 1 aliphatic rings. The number of fused-ring (bicyclic) bond motifs is 1. The van der Waals surface area contributed by atoms with Gasteiger partial charge in [-0.05, 0) is 32.3 Å². The minimum atomic E-state index is -0.448. The van der Waals surface area contributed by atoms with Gasteiger partial charge in [0.15, 0.2) is 0 Å². The molecular weight excluding hydrogens is 254 g/mol. The van der Waals surface area contributed by atoms with E-state index in [0.29, 0.717) is 13.0 Å². The van der Waals surface area contributed by atoms with Gasteiger partial charge in [0.2, 0.25) is 0 Å². The highest BCUT2D eigenvalue weighted by molar-refractivity contribution is 5.80. The first kappa shape index (κ1) is 14.9. The van der Waals surface area contributed by atoms with E-state index < -0.39 is 6.10 Å². The molecule has 1 aliphatic heterocycles. The summed E-state index contributed by atoms with van der Waals surface area (Å²) in [6.07, 6.45) is 1.85. The number of ether oxygens (including phenoxy) is 1. The van der Waals surface area contributed by atoms with Crippen molar-refractivity contribution in [1.29, 1.82) is 0 Å². The molecule has 110 valence electrons. The number of esters is 1. The van der Waals surface area contributed by atoms with Crippen LogP contribution in [0.15, 0.2) is 24.3 Å². The molecule has 0 amide bonds. The maximum absolute atomic E-state index is 12.2. The average Bonchev–Trinajstić information content (AvgIpc) is 2.61. The van der Waals surface area contributed by atoms with Gasteiger partial charge in [-0.3, -0.25) is 0 Å². The largest absolute Gasteiger partial charge is 0.464 e. The fourth-order valence-electron chi connectivity index (χ4n) is 2.84. The number of carbonyl (C=O) groups is 1. The van der Waals surface area contributed by atoms with E-state index in [1.54, 1.807) is 0 Å². The van der Waals surface area contributed by atoms with E-state index in [9.17, 15) is 9.90 Å². The summed E-state index contributed by atoms with van der Waals surface area (Å²) in [4.78, 5) is 14.2. The summed E-state index contributed by atoms with van der Waals surface area (Å²) >= 11 is 0. The number of aliphatic hydroxyl groups excluding tert-OH is 1. The molecule has 20 heavy (non-hydrogen) atoms. The molecule has 0 spiro atoms. The van der Waals surface area contributed by atoms with Gasteiger partial charge in [-0.1, -0.05) is 25.1 Å². The average molecular weight is 277 g/mol. The molecule has 2 rings (SSSR count). The monoisotopic (exact) mass is 277 g/mol. The zero-order valence-electron chi connectivity index (χ0n) is 12.2. The third kappa shape index (κ3) is 2.96. The van der Waals surface area contributed by atoms with Crippen molar-refractivity contribution in [3.63, 3.8) is 0 Å². The fraction of sp³-hybridized carbons (Fsp3) is 0.562. The zero-order chi connectivity index (χ0) is 14.5. The van der Waals surface area contributed by atoms with Crippen molar-refractivity contribution in [2.45, 2.75) is 45.3 Å². The number of nitrogens with zero attached hydrogens (tertiary/aromatic N) is 1. The van der Waals surface area contributed by atoms with Gasteiger partial charge in [-0.2, -0.15) is 0 Å². The summed E-state index contributed by atoms with van der Waals surface area (Å²) in [6, 6.07) is 7.52. The molecule has 0 bridgehead atoms. The first-order valence-corrected chi connectivity index (χ1v) is 7.39. The molecule has 4 nitrogen and oxygen atoms in total. The third-order valence-corrected chi connectivity index (χ3v) is 3.80. The lowest BCUT2D eigenvalue weighted by atomic mass is 10.0. The molecule has 1 N–H and O–H groups in total. The van der Waals surface area contributed by atoms with Crippen LogP contribution in [0.1, 0.15) is 44.8 Å². The first-order valence-electron chi connectivity index (χ1n) is 7.39. The number of benzene rings is 1. The van der Waals surface area contributed by atoms with Gasteiger partial charge >= 0.3 is 5.97 Å². The van der Waals surface area contributed by atoms with Crippen molar-refractivity contribution in [3.05, 3.63) is 29.8 Å².